The van der Waals surface area contributed by atoms with Crippen molar-refractivity contribution in [1.29, 1.82) is 0 Å². The maximum atomic E-state index is 6.49. The normalized spacial score (nSPS) is 11.9. The zero-order valence-corrected chi connectivity index (χ0v) is 19.2. The molecular weight excluding hydrogens is 375 g/mol. The Morgan fingerprint density at radius 2 is 0.955 bits per heavy atom. The molecular formula is C20H43OSn+. The van der Waals surface area contributed by atoms with E-state index in [0.717, 1.165) is 0 Å². The van der Waals surface area contributed by atoms with E-state index in [1.54, 1.807) is 0 Å². The summed E-state index contributed by atoms with van der Waals surface area (Å²) in [6.07, 6.45) is 17.0. The molecule has 0 aliphatic heterocycles. The molecule has 0 N–H and O–H groups in total. The molecule has 0 bridgehead atoms. The van der Waals surface area contributed by atoms with Crippen molar-refractivity contribution in [1.82, 2.24) is 0 Å². The van der Waals surface area contributed by atoms with Gasteiger partial charge in [-0.15, -0.1) is 0 Å². The molecule has 0 aromatic heterocycles. The van der Waals surface area contributed by atoms with Crippen LogP contribution in [0, 0.1) is 0 Å². The second-order valence-electron chi connectivity index (χ2n) is 7.79. The van der Waals surface area contributed by atoms with E-state index in [1.165, 1.54) is 85.9 Å². The standard InChI is InChI=1S/2C8H17.C4H9O.Sn/c2*1-3-5-7-8-6-4-2;1-4(2,3)5;/h2*1,3-8H2,2H3;1-3H3;/q;;-1;+2. The molecule has 0 spiro atoms. The van der Waals surface area contributed by atoms with Gasteiger partial charge >= 0.3 is 149 Å². The summed E-state index contributed by atoms with van der Waals surface area (Å²) in [5.41, 5.74) is 0.0964. The van der Waals surface area contributed by atoms with E-state index >= 15 is 0 Å². The summed E-state index contributed by atoms with van der Waals surface area (Å²) in [4.78, 5) is 0. The van der Waals surface area contributed by atoms with Gasteiger partial charge in [-0.25, -0.2) is 0 Å². The summed E-state index contributed by atoms with van der Waals surface area (Å²) in [5.74, 6) is 0. The van der Waals surface area contributed by atoms with Crippen molar-refractivity contribution in [2.24, 2.45) is 0 Å². The van der Waals surface area contributed by atoms with Crippen LogP contribution in [0.2, 0.25) is 8.87 Å². The van der Waals surface area contributed by atoms with Crippen molar-refractivity contribution in [2.45, 2.75) is 126 Å². The molecule has 0 saturated heterocycles. The van der Waals surface area contributed by atoms with Crippen LogP contribution in [-0.2, 0) is 3.07 Å². The molecule has 0 rings (SSSR count). The van der Waals surface area contributed by atoms with Crippen molar-refractivity contribution in [3.05, 3.63) is 0 Å². The SMILES string of the molecule is CCCCCCC[CH2][Sn+]([CH2]CCCCCCC)[O]C(C)(C)C. The van der Waals surface area contributed by atoms with Gasteiger partial charge in [-0.2, -0.15) is 0 Å². The van der Waals surface area contributed by atoms with Gasteiger partial charge in [0, 0.05) is 0 Å². The van der Waals surface area contributed by atoms with Gasteiger partial charge in [0.1, 0.15) is 0 Å². The molecule has 0 saturated carbocycles. The van der Waals surface area contributed by atoms with Gasteiger partial charge in [-0.1, -0.05) is 0 Å². The summed E-state index contributed by atoms with van der Waals surface area (Å²) < 4.78 is 9.41. The molecule has 0 atom stereocenters. The average molecular weight is 418 g/mol. The molecule has 0 fully saturated rings. The van der Waals surface area contributed by atoms with E-state index in [1.807, 2.05) is 0 Å². The Balaban J connectivity index is 3.80. The molecule has 132 valence electrons. The first-order valence-electron chi connectivity index (χ1n) is 10.0. The fraction of sp³-hybridized carbons (Fsp3) is 1.00. The van der Waals surface area contributed by atoms with E-state index < -0.39 is 20.2 Å². The maximum absolute atomic E-state index is 6.49. The summed E-state index contributed by atoms with van der Waals surface area (Å²) in [6.45, 7) is 11.3. The topological polar surface area (TPSA) is 9.23 Å². The zero-order chi connectivity index (χ0) is 16.7. The molecule has 0 amide bonds. The Kier molecular flexibility index (Phi) is 15.8. The molecule has 0 heterocycles. The minimum absolute atomic E-state index is 0.0964. The number of hydrogen-bond acceptors (Lipinski definition) is 1. The predicted octanol–water partition coefficient (Wildman–Crippen LogP) is 7.51. The molecule has 0 radical (unpaired) electrons. The Bertz CT molecular complexity index is 206. The van der Waals surface area contributed by atoms with Crippen LogP contribution < -0.4 is 0 Å². The van der Waals surface area contributed by atoms with E-state index in [9.17, 15) is 0 Å². The Labute approximate surface area is 149 Å². The van der Waals surface area contributed by atoms with Gasteiger partial charge in [0.15, 0.2) is 0 Å². The van der Waals surface area contributed by atoms with Gasteiger partial charge in [0.2, 0.25) is 0 Å². The van der Waals surface area contributed by atoms with Crippen LogP contribution in [-0.4, -0.2) is 25.8 Å². The Morgan fingerprint density at radius 3 is 1.32 bits per heavy atom. The van der Waals surface area contributed by atoms with Crippen LogP contribution in [0.5, 0.6) is 0 Å². The van der Waals surface area contributed by atoms with Crippen molar-refractivity contribution < 1.29 is 3.07 Å². The molecule has 1 nitrogen and oxygen atoms in total. The monoisotopic (exact) mass is 419 g/mol. The molecule has 2 heteroatoms. The van der Waals surface area contributed by atoms with Gasteiger partial charge in [0.25, 0.3) is 0 Å². The van der Waals surface area contributed by atoms with Crippen LogP contribution in [0.3, 0.4) is 0 Å². The van der Waals surface area contributed by atoms with E-state index in [2.05, 4.69) is 34.6 Å². The minimum atomic E-state index is -1.58. The van der Waals surface area contributed by atoms with E-state index in [0.29, 0.717) is 0 Å². The summed E-state index contributed by atoms with van der Waals surface area (Å²) in [7, 11) is 0. The van der Waals surface area contributed by atoms with Gasteiger partial charge in [0.05, 0.1) is 0 Å². The van der Waals surface area contributed by atoms with Crippen molar-refractivity contribution in [3.63, 3.8) is 0 Å². The Morgan fingerprint density at radius 1 is 0.591 bits per heavy atom. The van der Waals surface area contributed by atoms with Crippen LogP contribution in [0.25, 0.3) is 0 Å². The van der Waals surface area contributed by atoms with Gasteiger partial charge in [-0.3, -0.25) is 0 Å². The Hall–Kier alpha value is 0.759. The molecule has 0 aromatic rings. The summed E-state index contributed by atoms with van der Waals surface area (Å²) in [5, 5.41) is 0. The molecule has 0 aromatic carbocycles. The number of rotatable bonds is 15. The number of unbranched alkanes of at least 4 members (excludes halogenated alkanes) is 10. The van der Waals surface area contributed by atoms with E-state index in [-0.39, 0.29) is 5.60 Å². The molecule has 22 heavy (non-hydrogen) atoms. The van der Waals surface area contributed by atoms with Crippen molar-refractivity contribution in [2.75, 3.05) is 0 Å². The van der Waals surface area contributed by atoms with E-state index in [4.69, 9.17) is 3.07 Å². The molecule has 0 unspecified atom stereocenters. The van der Waals surface area contributed by atoms with Crippen LogP contribution >= 0.6 is 0 Å². The third-order valence-corrected chi connectivity index (χ3v) is 11.8. The van der Waals surface area contributed by atoms with Gasteiger partial charge in [-0.05, 0) is 0 Å². The zero-order valence-electron chi connectivity index (χ0n) is 16.3. The quantitative estimate of drug-likeness (QED) is 0.198. The molecule has 0 aliphatic rings. The fourth-order valence-electron chi connectivity index (χ4n) is 2.87. The van der Waals surface area contributed by atoms with Crippen LogP contribution in [0.15, 0.2) is 0 Å². The molecule has 0 aliphatic carbocycles. The first kappa shape index (κ1) is 22.8. The van der Waals surface area contributed by atoms with Crippen molar-refractivity contribution >= 4 is 20.2 Å². The average Bonchev–Trinajstić information content (AvgIpc) is 2.44. The van der Waals surface area contributed by atoms with Crippen LogP contribution in [0.1, 0.15) is 112 Å². The predicted molar refractivity (Wildman–Crippen MR) is 103 cm³/mol. The summed E-state index contributed by atoms with van der Waals surface area (Å²) in [6, 6.07) is 0. The fourth-order valence-corrected chi connectivity index (χ4v) is 10.3. The first-order chi connectivity index (χ1) is 10.5. The van der Waals surface area contributed by atoms with Crippen LogP contribution in [0.4, 0.5) is 0 Å². The van der Waals surface area contributed by atoms with Gasteiger partial charge < -0.3 is 0 Å². The van der Waals surface area contributed by atoms with Crippen molar-refractivity contribution in [3.8, 4) is 0 Å². The number of hydrogen-bond donors (Lipinski definition) is 0. The second-order valence-corrected chi connectivity index (χ2v) is 14.3. The first-order valence-corrected chi connectivity index (χ1v) is 15.2. The third kappa shape index (κ3) is 17.1. The second kappa shape index (κ2) is 15.3. The summed E-state index contributed by atoms with van der Waals surface area (Å²) >= 11 is -1.58. The third-order valence-electron chi connectivity index (χ3n) is 4.07.